The van der Waals surface area contributed by atoms with Crippen molar-refractivity contribution in [1.82, 2.24) is 0 Å². The van der Waals surface area contributed by atoms with Gasteiger partial charge in [0.05, 0.1) is 0 Å². The fourth-order valence-corrected chi connectivity index (χ4v) is 12.2. The van der Waals surface area contributed by atoms with Crippen molar-refractivity contribution < 1.29 is 0 Å². The predicted molar refractivity (Wildman–Crippen MR) is 203 cm³/mol. The van der Waals surface area contributed by atoms with Crippen molar-refractivity contribution in [3.63, 3.8) is 0 Å². The average Bonchev–Trinajstić information content (AvgIpc) is 3.83. The Morgan fingerprint density at radius 2 is 1.11 bits per heavy atom. The molecule has 44 heavy (non-hydrogen) atoms. The molecule has 0 fully saturated rings. The van der Waals surface area contributed by atoms with Crippen LogP contribution in [0.4, 0.5) is 0 Å². The maximum absolute atomic E-state index is 2.48. The molecule has 7 aromatic carbocycles. The third-order valence-electron chi connectivity index (χ3n) is 10.4. The van der Waals surface area contributed by atoms with Crippen LogP contribution in [-0.2, 0) is 6.42 Å². The number of rotatable bonds is 0. The zero-order valence-corrected chi connectivity index (χ0v) is 27.9. The molecular weight excluding hydrogens is 589 g/mol. The molecule has 10 aromatic rings. The van der Waals surface area contributed by atoms with Crippen LogP contribution in [0.2, 0.25) is 0 Å². The van der Waals surface area contributed by atoms with E-state index in [1.165, 1.54) is 101 Å². The van der Waals surface area contributed by atoms with E-state index in [1.54, 1.807) is 16.3 Å². The van der Waals surface area contributed by atoms with Crippen LogP contribution in [0.1, 0.15) is 56.5 Å². The normalized spacial score (nSPS) is 17.9. The first-order valence-corrected chi connectivity index (χ1v) is 18.7. The lowest BCUT2D eigenvalue weighted by atomic mass is 9.71. The van der Waals surface area contributed by atoms with Gasteiger partial charge in [0.2, 0.25) is 0 Å². The lowest BCUT2D eigenvalue weighted by molar-refractivity contribution is 1.01. The summed E-state index contributed by atoms with van der Waals surface area (Å²) in [5, 5.41) is 31.1. The quantitative estimate of drug-likeness (QED) is 0.117. The minimum absolute atomic E-state index is 0.331. The minimum atomic E-state index is 0.331. The maximum Gasteiger partial charge on any atom is 0.0434 e. The number of thiophene rings is 3. The van der Waals surface area contributed by atoms with Gasteiger partial charge in [0.1, 0.15) is 0 Å². The summed E-state index contributed by atoms with van der Waals surface area (Å²) in [6.07, 6.45) is 8.13. The molecular formula is C41H30S3. The van der Waals surface area contributed by atoms with Crippen molar-refractivity contribution in [2.75, 3.05) is 0 Å². The Morgan fingerprint density at radius 3 is 1.84 bits per heavy atom. The number of allylic oxidation sites excluding steroid dienone is 4. The maximum atomic E-state index is 2.48. The van der Waals surface area contributed by atoms with Gasteiger partial charge in [-0.05, 0) is 75.9 Å². The van der Waals surface area contributed by atoms with Crippen molar-refractivity contribution in [1.29, 1.82) is 0 Å². The van der Waals surface area contributed by atoms with E-state index in [0.29, 0.717) is 5.92 Å². The van der Waals surface area contributed by atoms with Crippen LogP contribution in [0, 0.1) is 0 Å². The van der Waals surface area contributed by atoms with Crippen LogP contribution >= 0.6 is 34.0 Å². The highest BCUT2D eigenvalue weighted by atomic mass is 32.1. The molecule has 2 aliphatic carbocycles. The van der Waals surface area contributed by atoms with Crippen LogP contribution in [0.15, 0.2) is 70.8 Å². The molecule has 3 aromatic heterocycles. The summed E-state index contributed by atoms with van der Waals surface area (Å²) in [5.41, 5.74) is 4.51. The summed E-state index contributed by atoms with van der Waals surface area (Å²) < 4.78 is 2.92. The molecule has 0 amide bonds. The van der Waals surface area contributed by atoms with Crippen LogP contribution in [0.3, 0.4) is 0 Å². The molecule has 0 spiro atoms. The van der Waals surface area contributed by atoms with E-state index >= 15 is 0 Å². The standard InChI is InChI=1S/C37H18S3.2C2H6/c1-15-16-6-2-3-11-24-28-22(12-38-24)17-7-4-9-19-26(17)33-31(28)25(15)32-29-21(16)13-39-36(29)20-10-5-8-18-23-14-40-37(19)30(23)35(33)34(32)27(18)20;2*1-2/h2-10,12-15H,11H2,1H3;2*1-2H3/b3-2-,16-6+;;. The van der Waals surface area contributed by atoms with Gasteiger partial charge in [0.25, 0.3) is 0 Å². The Labute approximate surface area is 267 Å². The fraction of sp³-hybridized carbons (Fsp3) is 0.171. The lowest BCUT2D eigenvalue weighted by Gasteiger charge is -2.31. The third kappa shape index (κ3) is 2.62. The first kappa shape index (κ1) is 25.6. The number of fused-ring (bicyclic) bond motifs is 6. The van der Waals surface area contributed by atoms with Gasteiger partial charge < -0.3 is 0 Å². The summed E-state index contributed by atoms with van der Waals surface area (Å²) in [5.74, 6) is 0.331. The van der Waals surface area contributed by atoms with E-state index in [4.69, 9.17) is 0 Å². The Bertz CT molecular complexity index is 2830. The minimum Gasteiger partial charge on any atom is -0.147 e. The second-order valence-corrected chi connectivity index (χ2v) is 14.6. The van der Waals surface area contributed by atoms with E-state index in [2.05, 4.69) is 77.7 Å². The zero-order chi connectivity index (χ0) is 29.6. The van der Waals surface area contributed by atoms with Crippen molar-refractivity contribution in [3.8, 4) is 0 Å². The molecule has 0 radical (unpaired) electrons. The predicted octanol–water partition coefficient (Wildman–Crippen LogP) is 14.2. The topological polar surface area (TPSA) is 0 Å². The van der Waals surface area contributed by atoms with E-state index in [0.717, 1.165) is 6.42 Å². The molecule has 2 bridgehead atoms. The van der Waals surface area contributed by atoms with E-state index in [1.807, 2.05) is 61.7 Å². The van der Waals surface area contributed by atoms with Crippen LogP contribution < -0.4 is 0 Å². The molecule has 0 saturated carbocycles. The molecule has 0 N–H and O–H groups in total. The highest BCUT2D eigenvalue weighted by molar-refractivity contribution is 7.20. The molecule has 2 aliphatic rings. The highest BCUT2D eigenvalue weighted by Crippen LogP contribution is 2.61. The molecule has 212 valence electrons. The SMILES string of the molecule is CC.CC.CC1/C2=C\C=C/Cc3scc4c5cccc6c7scc8c9cccc%10c%11scc2c%11c2c1c(c34)c(c56)c(c87)c2c9%10. The third-order valence-corrected chi connectivity index (χ3v) is 13.4. The van der Waals surface area contributed by atoms with Gasteiger partial charge >= 0.3 is 0 Å². The van der Waals surface area contributed by atoms with Gasteiger partial charge in [0, 0.05) is 69.7 Å². The monoisotopic (exact) mass is 618 g/mol. The molecule has 12 rings (SSSR count). The van der Waals surface area contributed by atoms with E-state index < -0.39 is 0 Å². The van der Waals surface area contributed by atoms with Gasteiger partial charge in [-0.15, -0.1) is 34.0 Å². The van der Waals surface area contributed by atoms with Crippen molar-refractivity contribution >= 4 is 135 Å². The van der Waals surface area contributed by atoms with Crippen LogP contribution in [0.25, 0.3) is 101 Å². The molecule has 3 heterocycles. The molecule has 1 atom stereocenters. The summed E-state index contributed by atoms with van der Waals surface area (Å²) >= 11 is 5.86. The number of hydrogen-bond acceptors (Lipinski definition) is 3. The first-order chi connectivity index (χ1) is 21.8. The largest absolute Gasteiger partial charge is 0.147 e. The average molecular weight is 619 g/mol. The first-order valence-electron chi connectivity index (χ1n) is 16.0. The Morgan fingerprint density at radius 1 is 0.545 bits per heavy atom. The summed E-state index contributed by atoms with van der Waals surface area (Å²) in [6.45, 7) is 10.5. The molecule has 3 heteroatoms. The van der Waals surface area contributed by atoms with Crippen molar-refractivity contribution in [2.24, 2.45) is 0 Å². The summed E-state index contributed by atoms with van der Waals surface area (Å²) in [7, 11) is 0. The Hall–Kier alpha value is -3.76. The van der Waals surface area contributed by atoms with E-state index in [-0.39, 0.29) is 0 Å². The van der Waals surface area contributed by atoms with Gasteiger partial charge in [0.15, 0.2) is 0 Å². The van der Waals surface area contributed by atoms with Crippen LogP contribution in [0.5, 0.6) is 0 Å². The Kier molecular flexibility index (Phi) is 5.05. The van der Waals surface area contributed by atoms with Gasteiger partial charge in [-0.3, -0.25) is 0 Å². The van der Waals surface area contributed by atoms with Gasteiger partial charge in [-0.25, -0.2) is 0 Å². The summed E-state index contributed by atoms with van der Waals surface area (Å²) in [6, 6.07) is 14.1. The Balaban J connectivity index is 0.000000617. The smallest absolute Gasteiger partial charge is 0.0434 e. The fourth-order valence-electron chi connectivity index (χ4n) is 8.95. The van der Waals surface area contributed by atoms with Gasteiger partial charge in [-0.1, -0.05) is 89.2 Å². The molecule has 0 saturated heterocycles. The number of benzene rings is 7. The summed E-state index contributed by atoms with van der Waals surface area (Å²) in [4.78, 5) is 1.51. The number of hydrogen-bond donors (Lipinski definition) is 0. The van der Waals surface area contributed by atoms with E-state index in [9.17, 15) is 0 Å². The lowest BCUT2D eigenvalue weighted by Crippen LogP contribution is -2.07. The van der Waals surface area contributed by atoms with Crippen molar-refractivity contribution in [2.45, 2.75) is 47.0 Å². The second kappa shape index (κ2) is 8.69. The molecule has 1 unspecified atom stereocenters. The van der Waals surface area contributed by atoms with Gasteiger partial charge in [-0.2, -0.15) is 0 Å². The van der Waals surface area contributed by atoms with Crippen LogP contribution in [-0.4, -0.2) is 0 Å². The van der Waals surface area contributed by atoms with Crippen molar-refractivity contribution in [3.05, 3.63) is 86.8 Å². The zero-order valence-electron chi connectivity index (χ0n) is 25.4. The molecule has 0 aliphatic heterocycles. The second-order valence-electron chi connectivity index (χ2n) is 11.9. The highest BCUT2D eigenvalue weighted by Gasteiger charge is 2.35. The molecule has 0 nitrogen and oxygen atoms in total.